The molecule has 0 saturated carbocycles. The lowest BCUT2D eigenvalue weighted by molar-refractivity contribution is 0.00140. The van der Waals surface area contributed by atoms with Crippen LogP contribution in [-0.4, -0.2) is 62.3 Å². The summed E-state index contributed by atoms with van der Waals surface area (Å²) in [6.45, 7) is 8.67. The molecule has 0 aromatic heterocycles. The summed E-state index contributed by atoms with van der Waals surface area (Å²) in [5.41, 5.74) is 3.98. The lowest BCUT2D eigenvalue weighted by Gasteiger charge is -2.31. The Labute approximate surface area is 152 Å². The molecule has 0 radical (unpaired) electrons. The minimum absolute atomic E-state index is 0.122. The fourth-order valence-electron chi connectivity index (χ4n) is 5.77. The number of ether oxygens (including phenoxy) is 2. The fraction of sp³-hybridized carbons (Fsp3) is 0.714. The molecule has 1 aromatic carbocycles. The molecule has 2 bridgehead atoms. The lowest BCUT2D eigenvalue weighted by Crippen LogP contribution is -2.40. The molecule has 3 aliphatic rings. The molecular formula is C21H32N2O2. The van der Waals surface area contributed by atoms with E-state index >= 15 is 0 Å². The van der Waals surface area contributed by atoms with Gasteiger partial charge in [-0.1, -0.05) is 17.7 Å². The van der Waals surface area contributed by atoms with Gasteiger partial charge in [-0.25, -0.2) is 0 Å². The number of methoxy groups -OCH3 is 1. The van der Waals surface area contributed by atoms with E-state index < -0.39 is 0 Å². The number of hydrogen-bond acceptors (Lipinski definition) is 4. The van der Waals surface area contributed by atoms with Crippen molar-refractivity contribution in [3.8, 4) is 5.75 Å². The molecular weight excluding hydrogens is 312 g/mol. The summed E-state index contributed by atoms with van der Waals surface area (Å²) in [5, 5.41) is 0. The van der Waals surface area contributed by atoms with Crippen molar-refractivity contribution in [2.45, 2.75) is 44.9 Å². The first-order valence-corrected chi connectivity index (χ1v) is 9.61. The molecule has 0 unspecified atom stereocenters. The number of likely N-dealkylation sites (tertiary alicyclic amines) is 1. The van der Waals surface area contributed by atoms with Crippen LogP contribution in [0.15, 0.2) is 12.1 Å². The Morgan fingerprint density at radius 2 is 2.12 bits per heavy atom. The molecule has 0 amide bonds. The number of fused-ring (bicyclic) bond motifs is 1. The van der Waals surface area contributed by atoms with E-state index in [4.69, 9.17) is 9.47 Å². The highest BCUT2D eigenvalue weighted by Gasteiger charge is 2.62. The maximum Gasteiger partial charge on any atom is 0.126 e. The Bertz CT molecular complexity index is 660. The molecule has 4 rings (SSSR count). The maximum atomic E-state index is 6.57. The van der Waals surface area contributed by atoms with Crippen molar-refractivity contribution >= 4 is 0 Å². The van der Waals surface area contributed by atoms with Crippen molar-refractivity contribution in [1.29, 1.82) is 0 Å². The van der Waals surface area contributed by atoms with Crippen LogP contribution in [0.5, 0.6) is 5.75 Å². The average Bonchev–Trinajstić information content (AvgIpc) is 3.16. The van der Waals surface area contributed by atoms with E-state index in [-0.39, 0.29) is 5.60 Å². The summed E-state index contributed by atoms with van der Waals surface area (Å²) in [7, 11) is 6.16. The molecule has 1 aromatic rings. The van der Waals surface area contributed by atoms with Gasteiger partial charge in [-0.3, -0.25) is 4.90 Å². The van der Waals surface area contributed by atoms with Crippen molar-refractivity contribution in [2.24, 2.45) is 11.8 Å². The molecule has 4 atom stereocenters. The van der Waals surface area contributed by atoms with Crippen LogP contribution in [0.2, 0.25) is 0 Å². The summed E-state index contributed by atoms with van der Waals surface area (Å²) < 4.78 is 12.3. The van der Waals surface area contributed by atoms with E-state index in [0.717, 1.165) is 31.9 Å². The highest BCUT2D eigenvalue weighted by Crippen LogP contribution is 2.55. The van der Waals surface area contributed by atoms with Gasteiger partial charge < -0.3 is 14.4 Å². The highest BCUT2D eigenvalue weighted by atomic mass is 16.5. The molecule has 138 valence electrons. The zero-order chi connectivity index (χ0) is 17.8. The van der Waals surface area contributed by atoms with Crippen molar-refractivity contribution in [3.63, 3.8) is 0 Å². The van der Waals surface area contributed by atoms with Gasteiger partial charge in [-0.05, 0) is 46.3 Å². The van der Waals surface area contributed by atoms with Gasteiger partial charge in [0.15, 0.2) is 0 Å². The van der Waals surface area contributed by atoms with Crippen LogP contribution in [0.4, 0.5) is 0 Å². The Morgan fingerprint density at radius 1 is 1.32 bits per heavy atom. The second-order valence-corrected chi connectivity index (χ2v) is 8.74. The molecule has 3 aliphatic heterocycles. The monoisotopic (exact) mass is 344 g/mol. The summed E-state index contributed by atoms with van der Waals surface area (Å²) in [6.07, 6.45) is 2.98. The number of hydrogen-bond donors (Lipinski definition) is 0. The van der Waals surface area contributed by atoms with Crippen LogP contribution in [-0.2, 0) is 11.3 Å². The van der Waals surface area contributed by atoms with Gasteiger partial charge in [-0.15, -0.1) is 0 Å². The largest absolute Gasteiger partial charge is 0.496 e. The number of nitrogens with zero attached hydrogens (tertiary/aromatic N) is 2. The predicted molar refractivity (Wildman–Crippen MR) is 100 cm³/mol. The van der Waals surface area contributed by atoms with Gasteiger partial charge in [0.05, 0.1) is 18.8 Å². The third kappa shape index (κ3) is 2.88. The SMILES string of the molecule is COc1c(C)cc(C)cc1CN1C[C@@H]2[C@H](CN(C)C)[C@H]3CC[C@]2(C1)O3. The molecule has 4 nitrogen and oxygen atoms in total. The Hall–Kier alpha value is -1.10. The first-order valence-electron chi connectivity index (χ1n) is 9.61. The smallest absolute Gasteiger partial charge is 0.126 e. The second-order valence-electron chi connectivity index (χ2n) is 8.74. The zero-order valence-electron chi connectivity index (χ0n) is 16.3. The Morgan fingerprint density at radius 3 is 2.84 bits per heavy atom. The van der Waals surface area contributed by atoms with Crippen LogP contribution in [0.1, 0.15) is 29.5 Å². The third-order valence-corrected chi connectivity index (χ3v) is 6.52. The van der Waals surface area contributed by atoms with Gasteiger partial charge in [0, 0.05) is 43.6 Å². The molecule has 0 aliphatic carbocycles. The molecule has 1 spiro atoms. The molecule has 0 N–H and O–H groups in total. The van der Waals surface area contributed by atoms with Crippen molar-refractivity contribution in [2.75, 3.05) is 40.8 Å². The third-order valence-electron chi connectivity index (χ3n) is 6.52. The first-order chi connectivity index (χ1) is 11.9. The van der Waals surface area contributed by atoms with E-state index in [1.165, 1.54) is 29.5 Å². The van der Waals surface area contributed by atoms with Gasteiger partial charge >= 0.3 is 0 Å². The Balaban J connectivity index is 1.54. The topological polar surface area (TPSA) is 24.9 Å². The standard InChI is InChI=1S/C21H32N2O2/c1-14-8-15(2)20(24-5)16(9-14)10-23-12-18-17(11-22(3)4)19-6-7-21(18,13-23)25-19/h8-9,17-19H,6-7,10-13H2,1-5H3/t17-,18+,19+,21+/m0/s1. The molecule has 3 heterocycles. The van der Waals surface area contributed by atoms with E-state index in [2.05, 4.69) is 49.9 Å². The number of benzene rings is 1. The van der Waals surface area contributed by atoms with Crippen molar-refractivity contribution < 1.29 is 9.47 Å². The van der Waals surface area contributed by atoms with Crippen LogP contribution in [0, 0.1) is 25.7 Å². The quantitative estimate of drug-likeness (QED) is 0.820. The molecule has 3 fully saturated rings. The molecule has 3 saturated heterocycles. The van der Waals surface area contributed by atoms with Crippen molar-refractivity contribution in [1.82, 2.24) is 9.80 Å². The van der Waals surface area contributed by atoms with Crippen LogP contribution >= 0.6 is 0 Å². The first kappa shape index (κ1) is 17.3. The second kappa shape index (κ2) is 6.26. The molecule has 25 heavy (non-hydrogen) atoms. The van der Waals surface area contributed by atoms with E-state index in [1.807, 2.05) is 0 Å². The van der Waals surface area contributed by atoms with E-state index in [0.29, 0.717) is 17.9 Å². The van der Waals surface area contributed by atoms with Crippen LogP contribution in [0.3, 0.4) is 0 Å². The van der Waals surface area contributed by atoms with Crippen LogP contribution in [0.25, 0.3) is 0 Å². The fourth-order valence-corrected chi connectivity index (χ4v) is 5.77. The van der Waals surface area contributed by atoms with Gasteiger partial charge in [0.25, 0.3) is 0 Å². The maximum absolute atomic E-state index is 6.57. The summed E-state index contributed by atoms with van der Waals surface area (Å²) in [5.74, 6) is 2.43. The summed E-state index contributed by atoms with van der Waals surface area (Å²) >= 11 is 0. The van der Waals surface area contributed by atoms with Crippen molar-refractivity contribution in [3.05, 3.63) is 28.8 Å². The highest BCUT2D eigenvalue weighted by molar-refractivity contribution is 5.43. The number of aryl methyl sites for hydroxylation is 2. The summed E-state index contributed by atoms with van der Waals surface area (Å²) in [6, 6.07) is 4.49. The van der Waals surface area contributed by atoms with Gasteiger partial charge in [-0.2, -0.15) is 0 Å². The van der Waals surface area contributed by atoms with Gasteiger partial charge in [0.2, 0.25) is 0 Å². The Kier molecular flexibility index (Phi) is 4.33. The lowest BCUT2D eigenvalue weighted by atomic mass is 9.73. The molecule has 4 heteroatoms. The normalized spacial score (nSPS) is 34.1. The number of rotatable bonds is 5. The minimum atomic E-state index is 0.122. The average molecular weight is 344 g/mol. The van der Waals surface area contributed by atoms with Gasteiger partial charge in [0.1, 0.15) is 5.75 Å². The van der Waals surface area contributed by atoms with E-state index in [9.17, 15) is 0 Å². The zero-order valence-corrected chi connectivity index (χ0v) is 16.3. The van der Waals surface area contributed by atoms with E-state index in [1.54, 1.807) is 7.11 Å². The van der Waals surface area contributed by atoms with Crippen LogP contribution < -0.4 is 4.74 Å². The summed E-state index contributed by atoms with van der Waals surface area (Å²) in [4.78, 5) is 4.93. The minimum Gasteiger partial charge on any atom is -0.496 e. The predicted octanol–water partition coefficient (Wildman–Crippen LogP) is 2.85.